The molecule has 5 rings (SSSR count). The number of nitrogens with one attached hydrogen (secondary N) is 1. The zero-order chi connectivity index (χ0) is 27.0. The van der Waals surface area contributed by atoms with Crippen LogP contribution in [0.2, 0.25) is 0 Å². The molecule has 0 saturated heterocycles. The number of carbonyl (C=O) groups excluding carboxylic acids is 1. The maximum atomic E-state index is 13.9. The molecule has 38 heavy (non-hydrogen) atoms. The Morgan fingerprint density at radius 3 is 2.84 bits per heavy atom. The lowest BCUT2D eigenvalue weighted by atomic mass is 9.93. The molecule has 1 saturated carbocycles. The molecule has 2 aliphatic rings. The summed E-state index contributed by atoms with van der Waals surface area (Å²) in [6.45, 7) is 0.0769. The number of rotatable bonds is 8. The van der Waals surface area contributed by atoms with Gasteiger partial charge in [-0.15, -0.1) is 11.3 Å². The van der Waals surface area contributed by atoms with Crippen molar-refractivity contribution < 1.29 is 36.0 Å². The van der Waals surface area contributed by atoms with Crippen LogP contribution < -0.4 is 10.5 Å². The largest absolute Gasteiger partial charge is 0.393 e. The zero-order valence-electron chi connectivity index (χ0n) is 19.8. The van der Waals surface area contributed by atoms with Crippen molar-refractivity contribution >= 4 is 33.2 Å². The highest BCUT2D eigenvalue weighted by atomic mass is 32.2. The zero-order valence-corrected chi connectivity index (χ0v) is 21.5. The smallest absolute Gasteiger partial charge is 0.333 e. The lowest BCUT2D eigenvalue weighted by molar-refractivity contribution is 0.0695. The summed E-state index contributed by atoms with van der Waals surface area (Å²) >= 11 is 1.18. The molecular weight excluding hydrogens is 542 g/mol. The summed E-state index contributed by atoms with van der Waals surface area (Å²) in [6, 6.07) is 3.67. The minimum absolute atomic E-state index is 0.206. The summed E-state index contributed by atoms with van der Waals surface area (Å²) in [4.78, 5) is 22.0. The molecule has 202 valence electrons. The molecular formula is C24H24F2N4O6S2. The second kappa shape index (κ2) is 10.7. The Labute approximate surface area is 221 Å². The summed E-state index contributed by atoms with van der Waals surface area (Å²) < 4.78 is 60.3. The van der Waals surface area contributed by atoms with E-state index in [0.29, 0.717) is 41.0 Å². The topological polar surface area (TPSA) is 154 Å². The van der Waals surface area contributed by atoms with E-state index in [2.05, 4.69) is 19.5 Å². The maximum absolute atomic E-state index is 13.9. The molecule has 0 bridgehead atoms. The average molecular weight is 567 g/mol. The van der Waals surface area contributed by atoms with Crippen LogP contribution in [0.1, 0.15) is 50.9 Å². The third-order valence-corrected chi connectivity index (χ3v) is 8.08. The number of aliphatic hydroxyl groups is 1. The molecule has 1 aliphatic heterocycles. The van der Waals surface area contributed by atoms with Crippen molar-refractivity contribution in [3.8, 4) is 0 Å². The highest BCUT2D eigenvalue weighted by molar-refractivity contribution is 7.84. The fraction of sp³-hybridized carbons (Fsp3) is 0.375. The van der Waals surface area contributed by atoms with E-state index >= 15 is 0 Å². The predicted molar refractivity (Wildman–Crippen MR) is 133 cm³/mol. The molecule has 1 aliphatic carbocycles. The molecule has 3 heterocycles. The predicted octanol–water partition coefficient (Wildman–Crippen LogP) is 2.48. The highest BCUT2D eigenvalue weighted by Crippen LogP contribution is 2.37. The van der Waals surface area contributed by atoms with Crippen molar-refractivity contribution in [3.63, 3.8) is 0 Å². The molecule has 0 radical (unpaired) electrons. The molecule has 0 spiro atoms. The van der Waals surface area contributed by atoms with E-state index in [4.69, 9.17) is 9.88 Å². The Hall–Kier alpha value is -2.88. The van der Waals surface area contributed by atoms with Crippen molar-refractivity contribution in [3.05, 3.63) is 74.9 Å². The van der Waals surface area contributed by atoms with Crippen LogP contribution in [0.5, 0.6) is 0 Å². The van der Waals surface area contributed by atoms with E-state index in [-0.39, 0.29) is 36.2 Å². The molecule has 1 unspecified atom stereocenters. The summed E-state index contributed by atoms with van der Waals surface area (Å²) in [6.07, 6.45) is 2.32. The van der Waals surface area contributed by atoms with Crippen molar-refractivity contribution in [1.82, 2.24) is 9.97 Å². The molecule has 1 aromatic carbocycles. The third kappa shape index (κ3) is 5.75. The lowest BCUT2D eigenvalue weighted by Gasteiger charge is -2.25. The van der Waals surface area contributed by atoms with Crippen LogP contribution in [0.25, 0.3) is 0 Å². The monoisotopic (exact) mass is 566 g/mol. The summed E-state index contributed by atoms with van der Waals surface area (Å²) in [5, 5.41) is 20.1. The Morgan fingerprint density at radius 1 is 1.26 bits per heavy atom. The first-order valence-electron chi connectivity index (χ1n) is 11.7. The van der Waals surface area contributed by atoms with Crippen LogP contribution in [0.4, 0.5) is 14.6 Å². The first kappa shape index (κ1) is 26.7. The van der Waals surface area contributed by atoms with Gasteiger partial charge in [0.2, 0.25) is 5.78 Å². The molecule has 2 aromatic heterocycles. The van der Waals surface area contributed by atoms with E-state index in [1.807, 2.05) is 0 Å². The van der Waals surface area contributed by atoms with Crippen LogP contribution >= 0.6 is 11.3 Å². The van der Waals surface area contributed by atoms with Crippen LogP contribution in [-0.2, 0) is 25.6 Å². The second-order valence-corrected chi connectivity index (χ2v) is 11.4. The quantitative estimate of drug-likeness (QED) is 0.349. The average Bonchev–Trinajstić information content (AvgIpc) is 3.49. The molecule has 14 heteroatoms. The van der Waals surface area contributed by atoms with Gasteiger partial charge in [0.25, 0.3) is 0 Å². The summed E-state index contributed by atoms with van der Waals surface area (Å²) in [5.41, 5.74) is 2.04. The van der Waals surface area contributed by atoms with Crippen LogP contribution in [0, 0.1) is 17.6 Å². The number of nitrogens with zero attached hydrogens (tertiary/aromatic N) is 2. The number of benzene rings is 1. The standard InChI is InChI=1S/C24H24F2N4O6S2/c25-18-4-12-1-2-35-23(16(12)7-19(18)26)14-5-21(37-10-14)22(32)17-8-28-11-29-24(17)30-15-3-13(20(31)6-15)9-36-38(27,33)34/h4-5,7-8,10-11,13,15,20,23,31H,1-3,6,9H2,(H2,27,33,34)(H,28,29,30)/t13-,15-,20+,23?/m1/s1. The Morgan fingerprint density at radius 2 is 2.05 bits per heavy atom. The van der Waals surface area contributed by atoms with Gasteiger partial charge in [-0.05, 0) is 59.5 Å². The summed E-state index contributed by atoms with van der Waals surface area (Å²) in [7, 11) is -4.13. The first-order chi connectivity index (χ1) is 18.1. The number of hydrogen-bond donors (Lipinski definition) is 3. The number of ether oxygens (including phenoxy) is 1. The van der Waals surface area contributed by atoms with Crippen molar-refractivity contribution in [2.24, 2.45) is 11.1 Å². The number of carbonyl (C=O) groups is 1. The van der Waals surface area contributed by atoms with E-state index in [1.54, 1.807) is 11.4 Å². The Kier molecular flexibility index (Phi) is 7.53. The van der Waals surface area contributed by atoms with Gasteiger partial charge in [0.1, 0.15) is 18.2 Å². The van der Waals surface area contributed by atoms with Crippen molar-refractivity contribution in [2.45, 2.75) is 37.5 Å². The van der Waals surface area contributed by atoms with Gasteiger partial charge in [0.05, 0.1) is 29.8 Å². The fourth-order valence-electron chi connectivity index (χ4n) is 4.84. The third-order valence-electron chi connectivity index (χ3n) is 6.67. The van der Waals surface area contributed by atoms with Gasteiger partial charge in [-0.3, -0.25) is 8.98 Å². The number of fused-ring (bicyclic) bond motifs is 1. The summed E-state index contributed by atoms with van der Waals surface area (Å²) in [5.74, 6) is -2.42. The number of aromatic nitrogens is 2. The number of halogens is 2. The minimum atomic E-state index is -4.13. The number of thiophene rings is 1. The van der Waals surface area contributed by atoms with Gasteiger partial charge in [-0.25, -0.2) is 23.9 Å². The molecule has 4 atom stereocenters. The van der Waals surface area contributed by atoms with Gasteiger partial charge in [0, 0.05) is 18.2 Å². The number of nitrogens with two attached hydrogens (primary N) is 1. The van der Waals surface area contributed by atoms with Gasteiger partial charge in [-0.1, -0.05) is 0 Å². The fourth-order valence-corrected chi connectivity index (χ4v) is 6.08. The van der Waals surface area contributed by atoms with E-state index < -0.39 is 40.1 Å². The molecule has 4 N–H and O–H groups in total. The van der Waals surface area contributed by atoms with Gasteiger partial charge >= 0.3 is 10.3 Å². The Balaban J connectivity index is 1.32. The maximum Gasteiger partial charge on any atom is 0.333 e. The van der Waals surface area contributed by atoms with Crippen molar-refractivity contribution in [2.75, 3.05) is 18.5 Å². The number of ketones is 1. The number of aliphatic hydroxyl groups excluding tert-OH is 1. The Bertz CT molecular complexity index is 1470. The first-order valence-corrected chi connectivity index (χ1v) is 14.1. The van der Waals surface area contributed by atoms with Crippen molar-refractivity contribution in [1.29, 1.82) is 0 Å². The minimum Gasteiger partial charge on any atom is -0.393 e. The highest BCUT2D eigenvalue weighted by Gasteiger charge is 2.35. The number of anilines is 1. The van der Waals surface area contributed by atoms with Gasteiger partial charge < -0.3 is 15.2 Å². The van der Waals surface area contributed by atoms with E-state index in [1.165, 1.54) is 29.9 Å². The molecule has 0 amide bonds. The van der Waals surface area contributed by atoms with Crippen LogP contribution in [0.15, 0.2) is 36.1 Å². The van der Waals surface area contributed by atoms with Gasteiger partial charge in [-0.2, -0.15) is 8.42 Å². The van der Waals surface area contributed by atoms with E-state index in [0.717, 1.165) is 6.07 Å². The van der Waals surface area contributed by atoms with Crippen LogP contribution in [0.3, 0.4) is 0 Å². The molecule has 1 fully saturated rings. The van der Waals surface area contributed by atoms with Crippen LogP contribution in [-0.4, -0.2) is 54.6 Å². The van der Waals surface area contributed by atoms with E-state index in [9.17, 15) is 27.1 Å². The second-order valence-electron chi connectivity index (χ2n) is 9.24. The lowest BCUT2D eigenvalue weighted by Crippen LogP contribution is -2.24. The SMILES string of the molecule is NS(=O)(=O)OC[C@H]1C[C@@H](Nc2ncncc2C(=O)c2cc(C3OCCc4cc(F)c(F)cc43)cs2)C[C@@H]1O. The number of hydrogen-bond acceptors (Lipinski definition) is 10. The normalized spacial score (nSPS) is 23.3. The van der Waals surface area contributed by atoms with Gasteiger partial charge in [0.15, 0.2) is 11.6 Å². The molecule has 10 nitrogen and oxygen atoms in total. The molecule has 3 aromatic rings.